The number of anilines is 1. The topological polar surface area (TPSA) is 79.0 Å². The number of rotatable bonds is 4. The number of carbonyl (C=O) groups excluding carboxylic acids is 1. The SMILES string of the molecule is CCOc1ccc2c(c1)/C(=N/N=C1/C[C@H](c3ccccc3)N=N1)C(=O)N2C. The summed E-state index contributed by atoms with van der Waals surface area (Å²) in [7, 11) is 1.72. The zero-order valence-electron chi connectivity index (χ0n) is 15.2. The van der Waals surface area contributed by atoms with Gasteiger partial charge in [0.25, 0.3) is 5.91 Å². The Labute approximate surface area is 157 Å². The van der Waals surface area contributed by atoms with E-state index in [4.69, 9.17) is 4.74 Å². The van der Waals surface area contributed by atoms with Gasteiger partial charge in [-0.3, -0.25) is 4.79 Å². The number of benzene rings is 2. The Kier molecular flexibility index (Phi) is 4.50. The van der Waals surface area contributed by atoms with Crippen LogP contribution in [-0.4, -0.2) is 31.1 Å². The second kappa shape index (κ2) is 7.11. The van der Waals surface area contributed by atoms with Crippen LogP contribution in [0.2, 0.25) is 0 Å². The van der Waals surface area contributed by atoms with E-state index in [0.29, 0.717) is 35.9 Å². The number of hydrogen-bond acceptors (Lipinski definition) is 5. The molecule has 2 aromatic carbocycles. The van der Waals surface area contributed by atoms with Gasteiger partial charge in [-0.25, -0.2) is 0 Å². The Morgan fingerprint density at radius 1 is 1.19 bits per heavy atom. The van der Waals surface area contributed by atoms with Crippen molar-refractivity contribution in [3.05, 3.63) is 59.7 Å². The highest BCUT2D eigenvalue weighted by molar-refractivity contribution is 6.54. The van der Waals surface area contributed by atoms with Crippen molar-refractivity contribution in [1.82, 2.24) is 0 Å². The van der Waals surface area contributed by atoms with Crippen molar-refractivity contribution in [2.75, 3.05) is 18.6 Å². The molecule has 2 aromatic rings. The first-order valence-electron chi connectivity index (χ1n) is 8.83. The van der Waals surface area contributed by atoms with Crippen molar-refractivity contribution in [1.29, 1.82) is 0 Å². The molecule has 0 unspecified atom stereocenters. The predicted octanol–water partition coefficient (Wildman–Crippen LogP) is 3.76. The molecule has 2 heterocycles. The van der Waals surface area contributed by atoms with Crippen molar-refractivity contribution >= 4 is 23.1 Å². The third-order valence-corrected chi connectivity index (χ3v) is 4.54. The lowest BCUT2D eigenvalue weighted by molar-refractivity contribution is -0.111. The molecule has 0 aliphatic carbocycles. The summed E-state index contributed by atoms with van der Waals surface area (Å²) in [6, 6.07) is 15.4. The van der Waals surface area contributed by atoms with Gasteiger partial charge in [-0.15, -0.1) is 15.3 Å². The fourth-order valence-corrected chi connectivity index (χ4v) is 3.15. The first kappa shape index (κ1) is 17.1. The number of likely N-dealkylation sites (N-methyl/N-ethyl adjacent to an activating group) is 1. The average molecular weight is 361 g/mol. The second-order valence-electron chi connectivity index (χ2n) is 6.29. The smallest absolute Gasteiger partial charge is 0.279 e. The van der Waals surface area contributed by atoms with E-state index in [2.05, 4.69) is 20.4 Å². The van der Waals surface area contributed by atoms with E-state index in [9.17, 15) is 4.79 Å². The zero-order valence-corrected chi connectivity index (χ0v) is 15.2. The van der Waals surface area contributed by atoms with E-state index in [1.807, 2.05) is 55.5 Å². The van der Waals surface area contributed by atoms with E-state index in [1.165, 1.54) is 0 Å². The molecule has 2 aliphatic heterocycles. The van der Waals surface area contributed by atoms with Crippen molar-refractivity contribution in [2.24, 2.45) is 20.4 Å². The van der Waals surface area contributed by atoms with E-state index in [1.54, 1.807) is 11.9 Å². The number of hydrogen-bond donors (Lipinski definition) is 0. The molecule has 0 radical (unpaired) electrons. The monoisotopic (exact) mass is 361 g/mol. The summed E-state index contributed by atoms with van der Waals surface area (Å²) in [5.41, 5.74) is 2.88. The lowest BCUT2D eigenvalue weighted by Crippen LogP contribution is -2.25. The normalized spacial score (nSPS) is 21.3. The zero-order chi connectivity index (χ0) is 18.8. The molecular weight excluding hydrogens is 342 g/mol. The van der Waals surface area contributed by atoms with E-state index < -0.39 is 0 Å². The average Bonchev–Trinajstić information content (AvgIpc) is 3.25. The van der Waals surface area contributed by atoms with Gasteiger partial charge in [-0.1, -0.05) is 30.3 Å². The maximum atomic E-state index is 12.6. The number of carbonyl (C=O) groups is 1. The standard InChI is InChI=1S/C20H19N5O2/c1-3-27-14-9-10-17-15(11-14)19(20(26)25(17)2)24-23-18-12-16(21-22-18)13-7-5-4-6-8-13/h4-11,16H,3,12H2,1-2H3/b23-18-,24-19-/t16-/m1/s1. The van der Waals surface area contributed by atoms with Crippen LogP contribution in [0.3, 0.4) is 0 Å². The molecule has 1 amide bonds. The van der Waals surface area contributed by atoms with Gasteiger partial charge < -0.3 is 9.64 Å². The van der Waals surface area contributed by atoms with Gasteiger partial charge in [0.15, 0.2) is 11.5 Å². The quantitative estimate of drug-likeness (QED) is 0.777. The number of ether oxygens (including phenoxy) is 1. The van der Waals surface area contributed by atoms with E-state index >= 15 is 0 Å². The largest absolute Gasteiger partial charge is 0.494 e. The van der Waals surface area contributed by atoms with Crippen LogP contribution in [0, 0.1) is 0 Å². The number of nitrogens with zero attached hydrogens (tertiary/aromatic N) is 5. The first-order chi connectivity index (χ1) is 13.2. The van der Waals surface area contributed by atoms with Crippen LogP contribution in [0.25, 0.3) is 0 Å². The number of amides is 1. The summed E-state index contributed by atoms with van der Waals surface area (Å²) in [5.74, 6) is 1.02. The van der Waals surface area contributed by atoms with Crippen molar-refractivity contribution in [2.45, 2.75) is 19.4 Å². The van der Waals surface area contributed by atoms with Gasteiger partial charge in [0.05, 0.1) is 12.3 Å². The Balaban J connectivity index is 1.60. The molecule has 7 nitrogen and oxygen atoms in total. The van der Waals surface area contributed by atoms with Crippen LogP contribution in [0.5, 0.6) is 5.75 Å². The third-order valence-electron chi connectivity index (χ3n) is 4.54. The van der Waals surface area contributed by atoms with Crippen molar-refractivity contribution < 1.29 is 9.53 Å². The van der Waals surface area contributed by atoms with Crippen LogP contribution >= 0.6 is 0 Å². The lowest BCUT2D eigenvalue weighted by atomic mass is 10.1. The molecule has 0 fully saturated rings. The van der Waals surface area contributed by atoms with Gasteiger partial charge in [0, 0.05) is 19.0 Å². The Hall–Kier alpha value is -3.35. The molecule has 0 aromatic heterocycles. The van der Waals surface area contributed by atoms with Crippen LogP contribution < -0.4 is 9.64 Å². The van der Waals surface area contributed by atoms with Gasteiger partial charge >= 0.3 is 0 Å². The maximum Gasteiger partial charge on any atom is 0.279 e. The summed E-state index contributed by atoms with van der Waals surface area (Å²) in [6.07, 6.45) is 0.566. The highest BCUT2D eigenvalue weighted by atomic mass is 16.5. The summed E-state index contributed by atoms with van der Waals surface area (Å²) in [6.45, 7) is 2.47. The van der Waals surface area contributed by atoms with Gasteiger partial charge in [-0.2, -0.15) is 5.11 Å². The molecule has 0 N–H and O–H groups in total. The van der Waals surface area contributed by atoms with Gasteiger partial charge in [-0.05, 0) is 30.7 Å². The van der Waals surface area contributed by atoms with Crippen molar-refractivity contribution in [3.8, 4) is 5.75 Å². The number of amidine groups is 1. The molecule has 136 valence electrons. The van der Waals surface area contributed by atoms with Crippen LogP contribution in [0.1, 0.15) is 30.5 Å². The van der Waals surface area contributed by atoms with Gasteiger partial charge in [0.2, 0.25) is 0 Å². The minimum atomic E-state index is -0.197. The van der Waals surface area contributed by atoms with Crippen molar-refractivity contribution in [3.63, 3.8) is 0 Å². The molecule has 0 bridgehead atoms. The molecule has 27 heavy (non-hydrogen) atoms. The summed E-state index contributed by atoms with van der Waals surface area (Å²) < 4.78 is 5.54. The molecule has 0 saturated heterocycles. The molecule has 1 atom stereocenters. The van der Waals surface area contributed by atoms with E-state index in [-0.39, 0.29) is 11.9 Å². The molecule has 0 saturated carbocycles. The number of azo groups is 1. The second-order valence-corrected chi connectivity index (χ2v) is 6.29. The molecule has 4 rings (SSSR count). The fraction of sp³-hybridized carbons (Fsp3) is 0.250. The molecule has 7 heteroatoms. The first-order valence-corrected chi connectivity index (χ1v) is 8.83. The Morgan fingerprint density at radius 3 is 2.78 bits per heavy atom. The molecule has 2 aliphatic rings. The minimum Gasteiger partial charge on any atom is -0.494 e. The predicted molar refractivity (Wildman–Crippen MR) is 104 cm³/mol. The van der Waals surface area contributed by atoms with E-state index in [0.717, 1.165) is 11.3 Å². The highest BCUT2D eigenvalue weighted by Crippen LogP contribution is 2.32. The minimum absolute atomic E-state index is 0.0519. The number of fused-ring (bicyclic) bond motifs is 1. The summed E-state index contributed by atoms with van der Waals surface area (Å²) in [5, 5.41) is 16.8. The van der Waals surface area contributed by atoms with Gasteiger partial charge in [0.1, 0.15) is 11.8 Å². The van der Waals surface area contributed by atoms with Crippen LogP contribution in [0.15, 0.2) is 69.0 Å². The summed E-state index contributed by atoms with van der Waals surface area (Å²) >= 11 is 0. The Bertz CT molecular complexity index is 966. The molecule has 0 spiro atoms. The fourth-order valence-electron chi connectivity index (χ4n) is 3.15. The van der Waals surface area contributed by atoms with Crippen LogP contribution in [-0.2, 0) is 4.79 Å². The Morgan fingerprint density at radius 2 is 2.00 bits per heavy atom. The summed E-state index contributed by atoms with van der Waals surface area (Å²) in [4.78, 5) is 14.1. The molecular formula is C20H19N5O2. The lowest BCUT2D eigenvalue weighted by Gasteiger charge is -2.09. The highest BCUT2D eigenvalue weighted by Gasteiger charge is 2.32. The maximum absolute atomic E-state index is 12.6. The van der Waals surface area contributed by atoms with Crippen LogP contribution in [0.4, 0.5) is 5.69 Å². The third kappa shape index (κ3) is 3.23.